The summed E-state index contributed by atoms with van der Waals surface area (Å²) in [4.78, 5) is 13.7. The van der Waals surface area contributed by atoms with E-state index >= 15 is 0 Å². The Kier molecular flexibility index (Phi) is 15.1. The van der Waals surface area contributed by atoms with Crippen LogP contribution >= 0.6 is 0 Å². The lowest BCUT2D eigenvalue weighted by Crippen LogP contribution is -2.39. The first-order chi connectivity index (χ1) is 29.1. The summed E-state index contributed by atoms with van der Waals surface area (Å²) >= 11 is 0. The first kappa shape index (κ1) is 55.1. The second-order valence-corrected chi connectivity index (χ2v) is 29.7. The number of hydrogen-bond acceptors (Lipinski definition) is 5. The molecule has 0 aliphatic carbocycles. The summed E-state index contributed by atoms with van der Waals surface area (Å²) < 4.78 is 13.5. The number of hydrogen-bond donors (Lipinski definition) is 2. The molecule has 0 aromatic heterocycles. The molecule has 0 amide bonds. The fourth-order valence-electron chi connectivity index (χ4n) is 15.5. The van der Waals surface area contributed by atoms with Crippen molar-refractivity contribution in [2.45, 2.75) is 228 Å². The maximum Gasteiger partial charge on any atom is 0.340 e. The van der Waals surface area contributed by atoms with Gasteiger partial charge in [-0.1, -0.05) is 150 Å². The molecule has 5 rings (SSSR count). The van der Waals surface area contributed by atoms with Crippen molar-refractivity contribution in [3.8, 4) is 11.5 Å². The van der Waals surface area contributed by atoms with Gasteiger partial charge in [-0.2, -0.15) is 0 Å². The summed E-state index contributed by atoms with van der Waals surface area (Å²) in [5, 5.41) is 7.85. The zero-order valence-corrected chi connectivity index (χ0v) is 45.7. The number of ether oxygens (including phenoxy) is 2. The third kappa shape index (κ3) is 14.3. The number of carbonyl (C=O) groups excluding carboxylic acids is 1. The highest BCUT2D eigenvalue weighted by Gasteiger charge is 2.54. The number of anilines is 2. The highest BCUT2D eigenvalue weighted by molar-refractivity contribution is 5.97. The van der Waals surface area contributed by atoms with Gasteiger partial charge in [-0.3, -0.25) is 0 Å². The molecule has 3 aromatic carbocycles. The molecule has 5 nitrogen and oxygen atoms in total. The Morgan fingerprint density at radius 3 is 1.12 bits per heavy atom. The molecule has 5 heteroatoms. The van der Waals surface area contributed by atoms with Crippen molar-refractivity contribution in [1.29, 1.82) is 0 Å². The van der Waals surface area contributed by atoms with Crippen LogP contribution in [-0.4, -0.2) is 17.0 Å². The van der Waals surface area contributed by atoms with Crippen molar-refractivity contribution in [3.05, 3.63) is 82.9 Å². The van der Waals surface area contributed by atoms with E-state index in [2.05, 4.69) is 199 Å². The summed E-state index contributed by atoms with van der Waals surface area (Å²) in [6, 6.07) is 20.5. The Labute approximate surface area is 406 Å². The van der Waals surface area contributed by atoms with Gasteiger partial charge < -0.3 is 20.1 Å². The van der Waals surface area contributed by atoms with E-state index in [0.29, 0.717) is 27.9 Å². The van der Waals surface area contributed by atoms with Gasteiger partial charge in [0.1, 0.15) is 11.5 Å². The smallest absolute Gasteiger partial charge is 0.340 e. The number of fused-ring (bicyclic) bond motifs is 6. The fourth-order valence-corrected chi connectivity index (χ4v) is 15.5. The van der Waals surface area contributed by atoms with E-state index in [9.17, 15) is 4.79 Å². The number of carbonyl (C=O) groups is 1. The second kappa shape index (κ2) is 18.1. The number of esters is 1. The minimum absolute atomic E-state index is 0. The van der Waals surface area contributed by atoms with Crippen molar-refractivity contribution in [1.82, 2.24) is 0 Å². The van der Waals surface area contributed by atoms with Crippen LogP contribution in [-0.2, 0) is 10.3 Å². The summed E-state index contributed by atoms with van der Waals surface area (Å²) in [5.74, 6) is 1.07. The molecule has 0 saturated carbocycles. The molecule has 0 unspecified atom stereocenters. The van der Waals surface area contributed by atoms with Crippen LogP contribution in [0.4, 0.5) is 11.4 Å². The van der Waals surface area contributed by atoms with Crippen LogP contribution in [0.15, 0.2) is 60.7 Å². The molecule has 0 saturated heterocycles. The average Bonchev–Trinajstić information content (AvgIpc) is 3.30. The normalized spacial score (nSPS) is 15.9. The van der Waals surface area contributed by atoms with Gasteiger partial charge in [0.15, 0.2) is 5.60 Å². The Hall–Kier alpha value is -3.47. The Bertz CT molecular complexity index is 2060. The van der Waals surface area contributed by atoms with Crippen LogP contribution < -0.4 is 15.4 Å². The fraction of sp³-hybridized carbons (Fsp3) is 0.689. The van der Waals surface area contributed by atoms with Crippen LogP contribution in [0.1, 0.15) is 238 Å². The molecule has 0 bridgehead atoms. The van der Waals surface area contributed by atoms with Gasteiger partial charge in [0.2, 0.25) is 0 Å². The van der Waals surface area contributed by atoms with E-state index in [1.165, 1.54) is 25.7 Å². The Morgan fingerprint density at radius 2 is 0.758 bits per heavy atom. The van der Waals surface area contributed by atoms with E-state index in [4.69, 9.17) is 9.47 Å². The second-order valence-electron chi connectivity index (χ2n) is 29.7. The molecular weight excluding hydrogens is 809 g/mol. The molecule has 2 aliphatic rings. The first-order valence-electron chi connectivity index (χ1n) is 25.0. The lowest BCUT2D eigenvalue weighted by atomic mass is 9.62. The van der Waals surface area contributed by atoms with Crippen LogP contribution in [0, 0.1) is 43.3 Å². The maximum absolute atomic E-state index is 13.7. The topological polar surface area (TPSA) is 59.6 Å². The number of rotatable bonds is 18. The lowest BCUT2D eigenvalue weighted by molar-refractivity contribution is 0.0224. The first-order valence-corrected chi connectivity index (χ1v) is 25.0. The van der Waals surface area contributed by atoms with Crippen molar-refractivity contribution in [3.63, 3.8) is 0 Å². The van der Waals surface area contributed by atoms with Crippen molar-refractivity contribution in [2.24, 2.45) is 43.3 Å². The van der Waals surface area contributed by atoms with Gasteiger partial charge >= 0.3 is 5.97 Å². The highest BCUT2D eigenvalue weighted by Crippen LogP contribution is 2.58. The van der Waals surface area contributed by atoms with Gasteiger partial charge in [0, 0.05) is 51.3 Å². The SMILES string of the molecule is C.CC(C)(C)CC(C)(C)CC(C)(C)CC(C)(C)CC(C)(C)Nc1ccc2c(c1)Oc1cc(NC(C)(C)CC(C)(C)CC(C)(C)CC(C)(C)CC(C)(C)C)ccc1C21OC(=O)c2ccccc21. The molecule has 2 N–H and O–H groups in total. The van der Waals surface area contributed by atoms with E-state index in [1.54, 1.807) is 0 Å². The van der Waals surface area contributed by atoms with Gasteiger partial charge in [-0.15, -0.1) is 0 Å². The molecule has 2 heterocycles. The van der Waals surface area contributed by atoms with Crippen LogP contribution in [0.25, 0.3) is 0 Å². The van der Waals surface area contributed by atoms with Crippen molar-refractivity contribution >= 4 is 17.3 Å². The van der Waals surface area contributed by atoms with Gasteiger partial charge in [-0.25, -0.2) is 4.79 Å². The van der Waals surface area contributed by atoms with Crippen LogP contribution in [0.3, 0.4) is 0 Å². The van der Waals surface area contributed by atoms with Crippen molar-refractivity contribution < 1.29 is 14.3 Å². The van der Waals surface area contributed by atoms with Gasteiger partial charge in [-0.05, 0) is 153 Å². The predicted octanol–water partition coefficient (Wildman–Crippen LogP) is 18.6. The molecule has 0 fully saturated rings. The average molecular weight is 907 g/mol. The van der Waals surface area contributed by atoms with E-state index in [-0.39, 0.29) is 57.0 Å². The van der Waals surface area contributed by atoms with Gasteiger partial charge in [0.05, 0.1) is 5.56 Å². The Balaban J connectivity index is 0.00000952. The number of nitrogens with one attached hydrogen (secondary N) is 2. The van der Waals surface area contributed by atoms with Crippen LogP contribution in [0.5, 0.6) is 11.5 Å². The monoisotopic (exact) mass is 907 g/mol. The Morgan fingerprint density at radius 1 is 0.424 bits per heavy atom. The highest BCUT2D eigenvalue weighted by atomic mass is 16.6. The molecule has 2 aliphatic heterocycles. The minimum Gasteiger partial charge on any atom is -0.456 e. The maximum atomic E-state index is 13.7. The van der Waals surface area contributed by atoms with Crippen molar-refractivity contribution in [2.75, 3.05) is 10.6 Å². The standard InChI is InChI=1S/C60H94N2O3.CH4/c1-50(2,3)33-52(7,8)35-54(11,12)37-56(15,16)39-58(19,20)61-41-27-29-45-47(31-41)64-48-32-42(28-30-46(48)60(45)44-26-24-23-25-43(44)49(63)65-60)62-59(21,22)40-57(17,18)38-55(13,14)36-53(9,10)34-51(4,5)6;/h23-32,61-62H,33-40H2,1-22H3;1H4. The predicted molar refractivity (Wildman–Crippen MR) is 285 cm³/mol. The zero-order valence-electron chi connectivity index (χ0n) is 45.7. The van der Waals surface area contributed by atoms with E-state index < -0.39 is 5.60 Å². The summed E-state index contributed by atoms with van der Waals surface area (Å²) in [7, 11) is 0. The quantitative estimate of drug-likeness (QED) is 0.125. The molecule has 0 atom stereocenters. The molecule has 1 spiro atoms. The molecule has 66 heavy (non-hydrogen) atoms. The van der Waals surface area contributed by atoms with E-state index in [1.807, 2.05) is 24.3 Å². The van der Waals surface area contributed by atoms with Gasteiger partial charge in [0.25, 0.3) is 0 Å². The largest absolute Gasteiger partial charge is 0.456 e. The molecule has 3 aromatic rings. The van der Waals surface area contributed by atoms with E-state index in [0.717, 1.165) is 53.7 Å². The summed E-state index contributed by atoms with van der Waals surface area (Å²) in [5.41, 5.74) is 5.27. The third-order valence-electron chi connectivity index (χ3n) is 13.4. The summed E-state index contributed by atoms with van der Waals surface area (Å²) in [6.45, 7) is 52.8. The third-order valence-corrected chi connectivity index (χ3v) is 13.4. The molecular formula is C61H98N2O3. The minimum atomic E-state index is -1.12. The number of benzene rings is 3. The lowest BCUT2D eigenvalue weighted by Gasteiger charge is -2.44. The summed E-state index contributed by atoms with van der Waals surface area (Å²) in [6.07, 6.45) is 9.05. The molecule has 370 valence electrons. The zero-order chi connectivity index (χ0) is 49.3. The molecule has 0 radical (unpaired) electrons. The van der Waals surface area contributed by atoms with Crippen LogP contribution in [0.2, 0.25) is 0 Å².